The van der Waals surface area contributed by atoms with Crippen LogP contribution in [0.5, 0.6) is 0 Å². The maximum atomic E-state index is 13.4. The maximum absolute atomic E-state index is 13.4. The van der Waals surface area contributed by atoms with E-state index in [9.17, 15) is 18.0 Å². The molecule has 1 aliphatic heterocycles. The topological polar surface area (TPSA) is 58.8 Å². The minimum Gasteiger partial charge on any atom is -0.370 e. The van der Waals surface area contributed by atoms with Gasteiger partial charge in [0.1, 0.15) is 18.2 Å². The van der Waals surface area contributed by atoms with Crippen LogP contribution in [0.1, 0.15) is 37.9 Å². The van der Waals surface area contributed by atoms with Gasteiger partial charge in [0.2, 0.25) is 5.91 Å². The van der Waals surface area contributed by atoms with Gasteiger partial charge in [-0.1, -0.05) is 50.8 Å². The summed E-state index contributed by atoms with van der Waals surface area (Å²) in [6, 6.07) is 12.9. The molecular formula is C28H38F3N3O2. The highest BCUT2D eigenvalue weighted by Crippen LogP contribution is 2.30. The minimum absolute atomic E-state index is 0.0584. The van der Waals surface area contributed by atoms with Crippen LogP contribution in [0.15, 0.2) is 73.1 Å². The minimum atomic E-state index is -0.466. The van der Waals surface area contributed by atoms with Gasteiger partial charge >= 0.3 is 0 Å². The molecule has 1 aliphatic rings. The predicted molar refractivity (Wildman–Crippen MR) is 139 cm³/mol. The molecule has 2 aromatic carbocycles. The summed E-state index contributed by atoms with van der Waals surface area (Å²) in [5.74, 6) is -1.22. The van der Waals surface area contributed by atoms with Crippen molar-refractivity contribution < 1.29 is 22.7 Å². The molecule has 0 saturated carbocycles. The van der Waals surface area contributed by atoms with Crippen molar-refractivity contribution in [1.29, 1.82) is 0 Å². The van der Waals surface area contributed by atoms with E-state index in [1.165, 1.54) is 43.3 Å². The predicted octanol–water partition coefficient (Wildman–Crippen LogP) is 5.25. The Balaban J connectivity index is 0.000000710. The van der Waals surface area contributed by atoms with E-state index in [4.69, 9.17) is 10.5 Å². The molecule has 36 heavy (non-hydrogen) atoms. The molecule has 0 radical (unpaired) electrons. The normalized spacial score (nSPS) is 14.4. The van der Waals surface area contributed by atoms with Gasteiger partial charge < -0.3 is 10.5 Å². The van der Waals surface area contributed by atoms with Crippen LogP contribution in [-0.4, -0.2) is 61.6 Å². The molecule has 5 nitrogen and oxygen atoms in total. The first kappa shape index (κ1) is 31.1. The van der Waals surface area contributed by atoms with Crippen LogP contribution in [-0.2, 0) is 9.53 Å². The largest absolute Gasteiger partial charge is 0.370 e. The van der Waals surface area contributed by atoms with Gasteiger partial charge in [0.25, 0.3) is 0 Å². The Morgan fingerprint density at radius 3 is 1.83 bits per heavy atom. The van der Waals surface area contributed by atoms with Gasteiger partial charge in [-0.25, -0.2) is 13.2 Å². The summed E-state index contributed by atoms with van der Waals surface area (Å²) in [6.45, 7) is 13.1. The summed E-state index contributed by atoms with van der Waals surface area (Å²) in [6.07, 6.45) is 2.72. The summed E-state index contributed by atoms with van der Waals surface area (Å²) < 4.78 is 43.5. The van der Waals surface area contributed by atoms with Crippen LogP contribution < -0.4 is 5.73 Å². The maximum Gasteiger partial charge on any atom is 0.243 e. The number of halogens is 3. The van der Waals surface area contributed by atoms with Crippen LogP contribution >= 0.6 is 0 Å². The Kier molecular flexibility index (Phi) is 15.1. The number of hydrogen-bond acceptors (Lipinski definition) is 4. The Bertz CT molecular complexity index is 877. The number of nitrogens with zero attached hydrogens (tertiary/aromatic N) is 2. The Labute approximate surface area is 213 Å². The summed E-state index contributed by atoms with van der Waals surface area (Å²) in [5, 5.41) is 0. The van der Waals surface area contributed by atoms with E-state index in [-0.39, 0.29) is 30.1 Å². The fourth-order valence-electron chi connectivity index (χ4n) is 3.68. The first-order chi connectivity index (χ1) is 17.3. The lowest BCUT2D eigenvalue weighted by atomic mass is 9.96. The van der Waals surface area contributed by atoms with Crippen molar-refractivity contribution in [2.75, 3.05) is 45.9 Å². The number of ether oxygens (including phenoxy) is 1. The third-order valence-corrected chi connectivity index (χ3v) is 5.29. The van der Waals surface area contributed by atoms with Gasteiger partial charge in [-0.15, -0.1) is 0 Å². The molecule has 0 bridgehead atoms. The van der Waals surface area contributed by atoms with Gasteiger partial charge in [-0.3, -0.25) is 14.6 Å². The molecule has 0 atom stereocenters. The number of benzene rings is 2. The smallest absolute Gasteiger partial charge is 0.243 e. The van der Waals surface area contributed by atoms with Crippen molar-refractivity contribution in [2.45, 2.75) is 26.8 Å². The number of primary amides is 1. The van der Waals surface area contributed by atoms with Crippen molar-refractivity contribution in [2.24, 2.45) is 5.73 Å². The lowest BCUT2D eigenvalue weighted by Gasteiger charge is -2.39. The van der Waals surface area contributed by atoms with Crippen molar-refractivity contribution in [1.82, 2.24) is 9.80 Å². The average Bonchev–Trinajstić information content (AvgIpc) is 2.87. The zero-order valence-corrected chi connectivity index (χ0v) is 21.4. The Morgan fingerprint density at radius 1 is 1.00 bits per heavy atom. The fourth-order valence-corrected chi connectivity index (χ4v) is 3.68. The van der Waals surface area contributed by atoms with E-state index in [1.54, 1.807) is 24.3 Å². The van der Waals surface area contributed by atoms with E-state index < -0.39 is 5.91 Å². The van der Waals surface area contributed by atoms with Crippen LogP contribution in [0.2, 0.25) is 0 Å². The van der Waals surface area contributed by atoms with Crippen LogP contribution in [0, 0.1) is 11.6 Å². The third-order valence-electron chi connectivity index (χ3n) is 5.29. The van der Waals surface area contributed by atoms with E-state index in [0.717, 1.165) is 43.9 Å². The first-order valence-corrected chi connectivity index (χ1v) is 12.1. The number of amides is 1. The number of nitrogens with two attached hydrogens (primary N) is 1. The van der Waals surface area contributed by atoms with Gasteiger partial charge in [0.15, 0.2) is 0 Å². The number of piperazine rings is 1. The number of hydrogen-bond donors (Lipinski definition) is 1. The zero-order valence-electron chi connectivity index (χ0n) is 21.4. The average molecular weight is 506 g/mol. The molecule has 1 amide bonds. The van der Waals surface area contributed by atoms with E-state index in [1.807, 2.05) is 13.8 Å². The van der Waals surface area contributed by atoms with Crippen molar-refractivity contribution in [3.05, 3.63) is 95.9 Å². The van der Waals surface area contributed by atoms with Crippen LogP contribution in [0.3, 0.4) is 0 Å². The quantitative estimate of drug-likeness (QED) is 0.374. The Morgan fingerprint density at radius 2 is 1.47 bits per heavy atom. The molecule has 3 rings (SSSR count). The SMILES string of the molecule is C=C/C=C(\C)F.CC.NC(=O)COCCN1CCN(C(c2ccc(F)cc2)c2ccc(F)cc2)CC1. The first-order valence-electron chi connectivity index (χ1n) is 12.1. The van der Waals surface area contributed by atoms with Gasteiger partial charge in [0, 0.05) is 32.7 Å². The standard InChI is InChI=1S/C21H25F2N3O2.C5H7F.C2H6/c22-18-5-1-16(2-6-18)21(17-3-7-19(23)8-4-17)26-11-9-25(10-12-26)13-14-28-15-20(24)27;1-3-4-5(2)6;1-2/h1-8,21H,9-15H2,(H2,24,27);3-4H,1H2,2H3;1-2H3/b;5-4+;. The highest BCUT2D eigenvalue weighted by atomic mass is 19.1. The molecule has 1 saturated heterocycles. The molecule has 2 aromatic rings. The van der Waals surface area contributed by atoms with Crippen molar-refractivity contribution in [3.63, 3.8) is 0 Å². The molecule has 2 N–H and O–H groups in total. The lowest BCUT2D eigenvalue weighted by molar-refractivity contribution is -0.122. The highest BCUT2D eigenvalue weighted by molar-refractivity contribution is 5.74. The molecule has 0 unspecified atom stereocenters. The second-order valence-electron chi connectivity index (χ2n) is 7.89. The molecule has 198 valence electrons. The molecule has 0 spiro atoms. The Hall–Kier alpha value is -2.94. The van der Waals surface area contributed by atoms with Gasteiger partial charge in [-0.2, -0.15) is 0 Å². The second kappa shape index (κ2) is 17.5. The zero-order chi connectivity index (χ0) is 26.9. The van der Waals surface area contributed by atoms with E-state index >= 15 is 0 Å². The highest BCUT2D eigenvalue weighted by Gasteiger charge is 2.26. The molecular weight excluding hydrogens is 467 g/mol. The van der Waals surface area contributed by atoms with Gasteiger partial charge in [0.05, 0.1) is 18.5 Å². The van der Waals surface area contributed by atoms with Crippen LogP contribution in [0.4, 0.5) is 13.2 Å². The number of allylic oxidation sites excluding steroid dienone is 3. The van der Waals surface area contributed by atoms with E-state index in [2.05, 4.69) is 16.4 Å². The summed E-state index contributed by atoms with van der Waals surface area (Å²) >= 11 is 0. The summed E-state index contributed by atoms with van der Waals surface area (Å²) in [5.41, 5.74) is 7.02. The number of carbonyl (C=O) groups excluding carboxylic acids is 1. The van der Waals surface area contributed by atoms with Crippen molar-refractivity contribution >= 4 is 5.91 Å². The van der Waals surface area contributed by atoms with E-state index in [0.29, 0.717) is 6.61 Å². The lowest BCUT2D eigenvalue weighted by Crippen LogP contribution is -2.48. The summed E-state index contributed by atoms with van der Waals surface area (Å²) in [4.78, 5) is 15.3. The van der Waals surface area contributed by atoms with Crippen molar-refractivity contribution in [3.8, 4) is 0 Å². The second-order valence-corrected chi connectivity index (χ2v) is 7.89. The molecule has 0 aromatic heterocycles. The monoisotopic (exact) mass is 505 g/mol. The number of carbonyl (C=O) groups is 1. The van der Waals surface area contributed by atoms with Crippen LogP contribution in [0.25, 0.3) is 0 Å². The molecule has 1 fully saturated rings. The molecule has 1 heterocycles. The fraction of sp³-hybridized carbons (Fsp3) is 0.393. The number of rotatable bonds is 9. The van der Waals surface area contributed by atoms with Gasteiger partial charge in [-0.05, 0) is 48.4 Å². The molecule has 0 aliphatic carbocycles. The summed E-state index contributed by atoms with van der Waals surface area (Å²) in [7, 11) is 0. The third kappa shape index (κ3) is 11.7. The molecule has 8 heteroatoms.